The SMILES string of the molecule is CC(C)C1CCCCN1C(=O)CC1(CN)CCCCC1. The third-order valence-corrected chi connectivity index (χ3v) is 5.51. The van der Waals surface area contributed by atoms with Gasteiger partial charge >= 0.3 is 0 Å². The Hall–Kier alpha value is -0.570. The van der Waals surface area contributed by atoms with E-state index in [1.165, 1.54) is 38.5 Å². The van der Waals surface area contributed by atoms with Crippen LogP contribution >= 0.6 is 0 Å². The quantitative estimate of drug-likeness (QED) is 0.858. The molecule has 0 aromatic heterocycles. The summed E-state index contributed by atoms with van der Waals surface area (Å²) in [5, 5.41) is 0. The highest BCUT2D eigenvalue weighted by atomic mass is 16.2. The number of hydrogen-bond donors (Lipinski definition) is 1. The first-order valence-electron chi connectivity index (χ1n) is 8.57. The summed E-state index contributed by atoms with van der Waals surface area (Å²) in [7, 11) is 0. The topological polar surface area (TPSA) is 46.3 Å². The summed E-state index contributed by atoms with van der Waals surface area (Å²) >= 11 is 0. The van der Waals surface area contributed by atoms with Crippen molar-refractivity contribution in [3.05, 3.63) is 0 Å². The van der Waals surface area contributed by atoms with Gasteiger partial charge in [-0.3, -0.25) is 4.79 Å². The molecule has 20 heavy (non-hydrogen) atoms. The molecule has 1 saturated heterocycles. The molecule has 1 aliphatic carbocycles. The van der Waals surface area contributed by atoms with E-state index < -0.39 is 0 Å². The van der Waals surface area contributed by atoms with Gasteiger partial charge in [0, 0.05) is 19.0 Å². The molecule has 0 radical (unpaired) electrons. The standard InChI is InChI=1S/C17H32N2O/c1-14(2)15-8-4-7-11-19(15)16(20)12-17(13-18)9-5-3-6-10-17/h14-15H,3-13,18H2,1-2H3. The molecule has 1 aliphatic heterocycles. The Labute approximate surface area is 124 Å². The Morgan fingerprint density at radius 1 is 1.20 bits per heavy atom. The zero-order valence-electron chi connectivity index (χ0n) is 13.4. The molecule has 0 aromatic rings. The number of carbonyl (C=O) groups is 1. The Balaban J connectivity index is 2.01. The summed E-state index contributed by atoms with van der Waals surface area (Å²) < 4.78 is 0. The number of rotatable bonds is 4. The maximum absolute atomic E-state index is 12.8. The molecule has 2 N–H and O–H groups in total. The van der Waals surface area contributed by atoms with E-state index in [0.717, 1.165) is 19.4 Å². The van der Waals surface area contributed by atoms with Crippen LogP contribution in [0.5, 0.6) is 0 Å². The molecule has 2 fully saturated rings. The highest BCUT2D eigenvalue weighted by Crippen LogP contribution is 2.39. The normalized spacial score (nSPS) is 26.8. The van der Waals surface area contributed by atoms with Crippen LogP contribution in [0.25, 0.3) is 0 Å². The predicted octanol–water partition coefficient (Wildman–Crippen LogP) is 3.32. The lowest BCUT2D eigenvalue weighted by atomic mass is 9.71. The Morgan fingerprint density at radius 3 is 2.50 bits per heavy atom. The van der Waals surface area contributed by atoms with Crippen LogP contribution in [-0.4, -0.2) is 29.9 Å². The summed E-state index contributed by atoms with van der Waals surface area (Å²) in [6.45, 7) is 6.13. The monoisotopic (exact) mass is 280 g/mol. The average molecular weight is 280 g/mol. The van der Waals surface area contributed by atoms with Gasteiger partial charge in [-0.15, -0.1) is 0 Å². The lowest BCUT2D eigenvalue weighted by molar-refractivity contribution is -0.139. The molecule has 1 saturated carbocycles. The van der Waals surface area contributed by atoms with Gasteiger partial charge < -0.3 is 10.6 Å². The van der Waals surface area contributed by atoms with Crippen LogP contribution in [-0.2, 0) is 4.79 Å². The average Bonchev–Trinajstić information content (AvgIpc) is 2.48. The smallest absolute Gasteiger partial charge is 0.223 e. The van der Waals surface area contributed by atoms with E-state index in [9.17, 15) is 4.79 Å². The van der Waals surface area contributed by atoms with Crippen molar-refractivity contribution in [2.24, 2.45) is 17.1 Å². The molecule has 3 heteroatoms. The molecule has 1 unspecified atom stereocenters. The molecule has 0 aromatic carbocycles. The first-order chi connectivity index (χ1) is 9.58. The number of piperidine rings is 1. The predicted molar refractivity (Wildman–Crippen MR) is 83.4 cm³/mol. The summed E-state index contributed by atoms with van der Waals surface area (Å²) in [6.07, 6.45) is 10.4. The zero-order valence-corrected chi connectivity index (χ0v) is 13.4. The van der Waals surface area contributed by atoms with Crippen molar-refractivity contribution in [1.29, 1.82) is 0 Å². The van der Waals surface area contributed by atoms with E-state index in [1.807, 2.05) is 0 Å². The fourth-order valence-corrected chi connectivity index (χ4v) is 4.14. The van der Waals surface area contributed by atoms with Crippen LogP contribution in [0.3, 0.4) is 0 Å². The molecule has 1 heterocycles. The second kappa shape index (κ2) is 6.93. The van der Waals surface area contributed by atoms with Gasteiger partial charge in [-0.25, -0.2) is 0 Å². The lowest BCUT2D eigenvalue weighted by Gasteiger charge is -2.42. The second-order valence-corrected chi connectivity index (χ2v) is 7.34. The fourth-order valence-electron chi connectivity index (χ4n) is 4.14. The maximum Gasteiger partial charge on any atom is 0.223 e. The molecule has 2 rings (SSSR count). The van der Waals surface area contributed by atoms with E-state index in [2.05, 4.69) is 18.7 Å². The molecule has 0 spiro atoms. The van der Waals surface area contributed by atoms with Gasteiger partial charge in [-0.05, 0) is 50.0 Å². The minimum atomic E-state index is 0.105. The van der Waals surface area contributed by atoms with Gasteiger partial charge in [-0.1, -0.05) is 33.1 Å². The van der Waals surface area contributed by atoms with Gasteiger partial charge in [0.25, 0.3) is 0 Å². The minimum Gasteiger partial charge on any atom is -0.339 e. The molecule has 2 aliphatic rings. The Bertz CT molecular complexity index is 321. The number of hydrogen-bond acceptors (Lipinski definition) is 2. The molecular weight excluding hydrogens is 248 g/mol. The number of amides is 1. The van der Waals surface area contributed by atoms with Crippen LogP contribution in [0.4, 0.5) is 0 Å². The summed E-state index contributed by atoms with van der Waals surface area (Å²) in [4.78, 5) is 15.0. The third-order valence-electron chi connectivity index (χ3n) is 5.51. The largest absolute Gasteiger partial charge is 0.339 e. The summed E-state index contributed by atoms with van der Waals surface area (Å²) in [5.74, 6) is 0.940. The number of likely N-dealkylation sites (tertiary alicyclic amines) is 1. The lowest BCUT2D eigenvalue weighted by Crippen LogP contribution is -2.49. The van der Waals surface area contributed by atoms with Crippen molar-refractivity contribution >= 4 is 5.91 Å². The van der Waals surface area contributed by atoms with Crippen molar-refractivity contribution in [2.45, 2.75) is 77.7 Å². The highest BCUT2D eigenvalue weighted by Gasteiger charge is 2.37. The minimum absolute atomic E-state index is 0.105. The van der Waals surface area contributed by atoms with E-state index >= 15 is 0 Å². The highest BCUT2D eigenvalue weighted by molar-refractivity contribution is 5.77. The third kappa shape index (κ3) is 3.55. The van der Waals surface area contributed by atoms with E-state index in [0.29, 0.717) is 30.8 Å². The van der Waals surface area contributed by atoms with Crippen molar-refractivity contribution in [3.8, 4) is 0 Å². The van der Waals surface area contributed by atoms with Gasteiger partial charge in [-0.2, -0.15) is 0 Å². The summed E-state index contributed by atoms with van der Waals surface area (Å²) in [6, 6.07) is 0.453. The Morgan fingerprint density at radius 2 is 1.90 bits per heavy atom. The first-order valence-corrected chi connectivity index (χ1v) is 8.57. The van der Waals surface area contributed by atoms with Crippen LogP contribution in [0.1, 0.15) is 71.6 Å². The molecule has 1 amide bonds. The van der Waals surface area contributed by atoms with Crippen molar-refractivity contribution in [1.82, 2.24) is 4.90 Å². The van der Waals surface area contributed by atoms with E-state index in [4.69, 9.17) is 5.73 Å². The van der Waals surface area contributed by atoms with E-state index in [1.54, 1.807) is 0 Å². The first kappa shape index (κ1) is 15.8. The zero-order chi connectivity index (χ0) is 14.6. The number of nitrogens with two attached hydrogens (primary N) is 1. The van der Waals surface area contributed by atoms with Crippen LogP contribution < -0.4 is 5.73 Å². The fraction of sp³-hybridized carbons (Fsp3) is 0.941. The number of carbonyl (C=O) groups excluding carboxylic acids is 1. The van der Waals surface area contributed by atoms with Crippen LogP contribution in [0, 0.1) is 11.3 Å². The Kier molecular flexibility index (Phi) is 5.48. The van der Waals surface area contributed by atoms with Crippen LogP contribution in [0.15, 0.2) is 0 Å². The van der Waals surface area contributed by atoms with Crippen molar-refractivity contribution in [3.63, 3.8) is 0 Å². The molecule has 1 atom stereocenters. The van der Waals surface area contributed by atoms with E-state index in [-0.39, 0.29) is 5.41 Å². The van der Waals surface area contributed by atoms with Gasteiger partial charge in [0.15, 0.2) is 0 Å². The van der Waals surface area contributed by atoms with Crippen molar-refractivity contribution in [2.75, 3.05) is 13.1 Å². The van der Waals surface area contributed by atoms with Crippen LogP contribution in [0.2, 0.25) is 0 Å². The summed E-state index contributed by atoms with van der Waals surface area (Å²) in [5.41, 5.74) is 6.15. The molecule has 116 valence electrons. The van der Waals surface area contributed by atoms with Crippen molar-refractivity contribution < 1.29 is 4.79 Å². The number of nitrogens with zero attached hydrogens (tertiary/aromatic N) is 1. The molecule has 0 bridgehead atoms. The van der Waals surface area contributed by atoms with Gasteiger partial charge in [0.1, 0.15) is 0 Å². The molecular formula is C17H32N2O. The molecule has 3 nitrogen and oxygen atoms in total. The van der Waals surface area contributed by atoms with Gasteiger partial charge in [0.05, 0.1) is 0 Å². The van der Waals surface area contributed by atoms with Gasteiger partial charge in [0.2, 0.25) is 5.91 Å². The second-order valence-electron chi connectivity index (χ2n) is 7.34. The maximum atomic E-state index is 12.8.